The molecule has 30 heavy (non-hydrogen) atoms. The van der Waals surface area contributed by atoms with Crippen molar-refractivity contribution in [3.63, 3.8) is 0 Å². The number of aromatic hydroxyl groups is 1. The summed E-state index contributed by atoms with van der Waals surface area (Å²) >= 11 is 12.7. The Morgan fingerprint density at radius 3 is 2.47 bits per heavy atom. The average Bonchev–Trinajstić information content (AvgIpc) is 3.07. The number of nitrogens with zero attached hydrogens (tertiary/aromatic N) is 2. The largest absolute Gasteiger partial charge is 0.508 e. The second kappa shape index (κ2) is 8.38. The number of benzene rings is 2. The zero-order valence-corrected chi connectivity index (χ0v) is 18.2. The first kappa shape index (κ1) is 20.8. The van der Waals surface area contributed by atoms with Crippen LogP contribution in [-0.2, 0) is 10.5 Å². The van der Waals surface area contributed by atoms with Crippen LogP contribution in [-0.4, -0.2) is 29.1 Å². The smallest absolute Gasteiger partial charge is 0.286 e. The van der Waals surface area contributed by atoms with Gasteiger partial charge in [-0.25, -0.2) is 5.01 Å². The van der Waals surface area contributed by atoms with Crippen LogP contribution in [0.15, 0.2) is 54.4 Å². The third-order valence-electron chi connectivity index (χ3n) is 5.55. The van der Waals surface area contributed by atoms with Gasteiger partial charge >= 0.3 is 0 Å². The van der Waals surface area contributed by atoms with E-state index in [0.717, 1.165) is 37.3 Å². The maximum atomic E-state index is 13.8. The Morgan fingerprint density at radius 2 is 1.80 bits per heavy atom. The molecule has 3 N–H and O–H groups in total. The van der Waals surface area contributed by atoms with Crippen LogP contribution in [0.5, 0.6) is 5.75 Å². The quantitative estimate of drug-likeness (QED) is 0.651. The number of allylic oxidation sites excluding steroid dienone is 1. The lowest BCUT2D eigenvalue weighted by Gasteiger charge is -2.42. The Labute approximate surface area is 186 Å². The molecule has 1 unspecified atom stereocenters. The Bertz CT molecular complexity index is 974. The van der Waals surface area contributed by atoms with Crippen molar-refractivity contribution in [3.05, 3.63) is 70.0 Å². The first-order valence-corrected chi connectivity index (χ1v) is 10.7. The van der Waals surface area contributed by atoms with E-state index >= 15 is 0 Å². The van der Waals surface area contributed by atoms with Crippen LogP contribution in [0.3, 0.4) is 0 Å². The second-order valence-electron chi connectivity index (χ2n) is 7.61. The van der Waals surface area contributed by atoms with Crippen molar-refractivity contribution >= 4 is 34.8 Å². The molecule has 4 rings (SSSR count). The van der Waals surface area contributed by atoms with Gasteiger partial charge in [-0.15, -0.1) is 0 Å². The first-order chi connectivity index (χ1) is 14.4. The maximum Gasteiger partial charge on any atom is 0.286 e. The summed E-state index contributed by atoms with van der Waals surface area (Å²) < 4.78 is 0. The molecule has 1 atom stereocenters. The summed E-state index contributed by atoms with van der Waals surface area (Å²) in [6, 6.07) is 11.9. The number of piperidine rings is 1. The zero-order valence-electron chi connectivity index (χ0n) is 16.7. The van der Waals surface area contributed by atoms with Gasteiger partial charge in [0, 0.05) is 41.3 Å². The van der Waals surface area contributed by atoms with Crippen molar-refractivity contribution in [2.75, 3.05) is 18.0 Å². The number of hydrazine groups is 1. The molecule has 0 aliphatic carbocycles. The van der Waals surface area contributed by atoms with Gasteiger partial charge in [0.25, 0.3) is 5.91 Å². The summed E-state index contributed by atoms with van der Waals surface area (Å²) in [5, 5.41) is 15.9. The molecule has 0 spiro atoms. The molecule has 6 nitrogen and oxygen atoms in total. The van der Waals surface area contributed by atoms with Gasteiger partial charge in [0.1, 0.15) is 5.75 Å². The number of phenolic OH excluding ortho intramolecular Hbond substituents is 1. The fourth-order valence-corrected chi connectivity index (χ4v) is 4.65. The van der Waals surface area contributed by atoms with E-state index < -0.39 is 5.66 Å². The van der Waals surface area contributed by atoms with Gasteiger partial charge in [-0.2, -0.15) is 0 Å². The van der Waals surface area contributed by atoms with Gasteiger partial charge in [-0.1, -0.05) is 35.7 Å². The molecule has 8 heteroatoms. The molecule has 2 aliphatic heterocycles. The van der Waals surface area contributed by atoms with Gasteiger partial charge in [0.05, 0.1) is 5.02 Å². The van der Waals surface area contributed by atoms with Gasteiger partial charge in [0.2, 0.25) is 5.66 Å². The first-order valence-electron chi connectivity index (χ1n) is 9.97. The van der Waals surface area contributed by atoms with Crippen molar-refractivity contribution in [1.82, 2.24) is 15.8 Å². The van der Waals surface area contributed by atoms with E-state index in [1.165, 1.54) is 6.42 Å². The molecule has 2 aromatic rings. The van der Waals surface area contributed by atoms with Crippen molar-refractivity contribution in [1.29, 1.82) is 0 Å². The number of anilines is 1. The minimum absolute atomic E-state index is 0.153. The highest BCUT2D eigenvalue weighted by Gasteiger charge is 2.51. The van der Waals surface area contributed by atoms with Crippen LogP contribution in [0.1, 0.15) is 31.7 Å². The Balaban J connectivity index is 1.82. The molecule has 2 heterocycles. The topological polar surface area (TPSA) is 67.8 Å². The minimum Gasteiger partial charge on any atom is -0.508 e. The lowest BCUT2D eigenvalue weighted by Crippen LogP contribution is -2.63. The predicted octanol–water partition coefficient (Wildman–Crippen LogP) is 4.34. The van der Waals surface area contributed by atoms with Crippen LogP contribution < -0.4 is 15.6 Å². The van der Waals surface area contributed by atoms with Crippen LogP contribution in [0, 0.1) is 0 Å². The number of halogens is 2. The number of carbonyl (C=O) groups excluding carboxylic acids is 1. The number of hydrogen-bond acceptors (Lipinski definition) is 5. The maximum absolute atomic E-state index is 13.8. The average molecular weight is 447 g/mol. The zero-order chi connectivity index (χ0) is 21.3. The number of nitrogens with one attached hydrogen (secondary N) is 2. The molecular weight excluding hydrogens is 423 g/mol. The predicted molar refractivity (Wildman–Crippen MR) is 119 cm³/mol. The highest BCUT2D eigenvalue weighted by Crippen LogP contribution is 2.42. The molecule has 0 radical (unpaired) electrons. The van der Waals surface area contributed by atoms with Crippen molar-refractivity contribution in [2.24, 2.45) is 0 Å². The summed E-state index contributed by atoms with van der Waals surface area (Å²) in [6.07, 6.45) is 5.05. The van der Waals surface area contributed by atoms with E-state index in [2.05, 4.69) is 10.7 Å². The number of phenols is 1. The number of amides is 1. The molecule has 1 fully saturated rings. The number of hydrogen-bond donors (Lipinski definition) is 3. The molecule has 0 bridgehead atoms. The van der Waals surface area contributed by atoms with Crippen molar-refractivity contribution < 1.29 is 9.90 Å². The highest BCUT2D eigenvalue weighted by atomic mass is 35.5. The molecule has 1 saturated heterocycles. The molecule has 0 saturated carbocycles. The summed E-state index contributed by atoms with van der Waals surface area (Å²) in [5.41, 5.74) is 3.95. The van der Waals surface area contributed by atoms with E-state index in [-0.39, 0.29) is 11.7 Å². The van der Waals surface area contributed by atoms with Crippen LogP contribution in [0.4, 0.5) is 5.69 Å². The summed E-state index contributed by atoms with van der Waals surface area (Å²) in [7, 11) is 0. The van der Waals surface area contributed by atoms with Gasteiger partial charge in [0.15, 0.2) is 0 Å². The molecular formula is C22H24Cl2N4O2. The van der Waals surface area contributed by atoms with Gasteiger partial charge < -0.3 is 15.3 Å². The van der Waals surface area contributed by atoms with E-state index in [1.54, 1.807) is 48.7 Å². The van der Waals surface area contributed by atoms with Gasteiger partial charge in [-0.05, 0) is 56.2 Å². The van der Waals surface area contributed by atoms with E-state index in [0.29, 0.717) is 15.6 Å². The normalized spacial score (nSPS) is 21.8. The molecule has 0 aromatic heterocycles. The summed E-state index contributed by atoms with van der Waals surface area (Å²) in [4.78, 5) is 15.7. The second-order valence-corrected chi connectivity index (χ2v) is 8.45. The Hall–Kier alpha value is -2.41. The van der Waals surface area contributed by atoms with E-state index in [9.17, 15) is 9.90 Å². The highest BCUT2D eigenvalue weighted by molar-refractivity contribution is 6.35. The van der Waals surface area contributed by atoms with E-state index in [1.807, 2.05) is 16.8 Å². The van der Waals surface area contributed by atoms with Gasteiger partial charge in [-0.3, -0.25) is 10.2 Å². The summed E-state index contributed by atoms with van der Waals surface area (Å²) in [6.45, 7) is 3.53. The lowest BCUT2D eigenvalue weighted by molar-refractivity contribution is -0.132. The van der Waals surface area contributed by atoms with Crippen molar-refractivity contribution in [2.45, 2.75) is 31.8 Å². The third-order valence-corrected chi connectivity index (χ3v) is 6.10. The van der Waals surface area contributed by atoms with Crippen LogP contribution in [0.2, 0.25) is 10.0 Å². The SMILES string of the molecule is CC1=CNC(C(=O)NN2CCCCC2)(c2ccc(Cl)cc2Cl)N1c1ccc(O)cc1. The lowest BCUT2D eigenvalue weighted by atomic mass is 9.96. The van der Waals surface area contributed by atoms with Crippen LogP contribution >= 0.6 is 23.2 Å². The number of rotatable bonds is 4. The van der Waals surface area contributed by atoms with E-state index in [4.69, 9.17) is 23.2 Å². The molecule has 158 valence electrons. The molecule has 1 amide bonds. The standard InChI is InChI=1S/C22H24Cl2N4O2/c1-15-14-25-22(19-10-5-16(23)13-20(19)24,21(30)26-27-11-3-2-4-12-27)28(15)17-6-8-18(29)9-7-17/h5-10,13-14,25,29H,2-4,11-12H2,1H3,(H,26,30). The third kappa shape index (κ3) is 3.71. The fraction of sp³-hybridized carbons (Fsp3) is 0.318. The molecule has 2 aromatic carbocycles. The minimum atomic E-state index is -1.31. The number of carbonyl (C=O) groups is 1. The summed E-state index contributed by atoms with van der Waals surface area (Å²) in [5.74, 6) is -0.0878. The van der Waals surface area contributed by atoms with Crippen LogP contribution in [0.25, 0.3) is 0 Å². The fourth-order valence-electron chi connectivity index (χ4n) is 4.10. The molecule has 2 aliphatic rings. The Morgan fingerprint density at radius 1 is 1.10 bits per heavy atom. The monoisotopic (exact) mass is 446 g/mol. The Kier molecular flexibility index (Phi) is 5.82. The van der Waals surface area contributed by atoms with Crippen molar-refractivity contribution in [3.8, 4) is 5.75 Å².